The van der Waals surface area contributed by atoms with Gasteiger partial charge in [-0.15, -0.1) is 0 Å². The molecule has 0 spiro atoms. The Balaban J connectivity index is 1.88. The quantitative estimate of drug-likeness (QED) is 0.833. The number of ether oxygens (including phenoxy) is 1. The third-order valence-corrected chi connectivity index (χ3v) is 5.00. The first kappa shape index (κ1) is 16.1. The van der Waals surface area contributed by atoms with Crippen LogP contribution < -0.4 is 10.1 Å². The number of nitrogens with one attached hydrogen (secondary N) is 1. The Hall–Kier alpha value is -1.74. The predicted molar refractivity (Wildman–Crippen MR) is 93.1 cm³/mol. The van der Waals surface area contributed by atoms with E-state index in [4.69, 9.17) is 9.15 Å². The molecule has 3 rings (SSSR count). The number of fused-ring (bicyclic) bond motifs is 1. The lowest BCUT2D eigenvalue weighted by Crippen LogP contribution is -2.30. The topological polar surface area (TPSA) is 34.4 Å². The summed E-state index contributed by atoms with van der Waals surface area (Å²) in [6.07, 6.45) is 6.37. The van der Waals surface area contributed by atoms with E-state index in [2.05, 4.69) is 36.5 Å². The second-order valence-electron chi connectivity index (χ2n) is 6.38. The average Bonchev–Trinajstić information content (AvgIpc) is 3.10. The molecule has 1 aromatic heterocycles. The molecule has 3 heteroatoms. The number of hydrogen-bond acceptors (Lipinski definition) is 3. The molecule has 0 saturated heterocycles. The summed E-state index contributed by atoms with van der Waals surface area (Å²) >= 11 is 0. The van der Waals surface area contributed by atoms with Crippen molar-refractivity contribution >= 4 is 0 Å². The van der Waals surface area contributed by atoms with E-state index >= 15 is 0 Å². The number of methoxy groups -OCH3 is 1. The molecule has 2 aromatic rings. The van der Waals surface area contributed by atoms with Crippen LogP contribution in [0.4, 0.5) is 0 Å². The van der Waals surface area contributed by atoms with Crippen molar-refractivity contribution in [2.24, 2.45) is 5.92 Å². The highest BCUT2D eigenvalue weighted by Gasteiger charge is 2.29. The lowest BCUT2D eigenvalue weighted by Gasteiger charge is -2.33. The molecule has 1 aliphatic rings. The van der Waals surface area contributed by atoms with Crippen LogP contribution >= 0.6 is 0 Å². The van der Waals surface area contributed by atoms with E-state index in [0.29, 0.717) is 11.8 Å². The molecule has 2 atom stereocenters. The summed E-state index contributed by atoms with van der Waals surface area (Å²) in [6.45, 7) is 4.20. The summed E-state index contributed by atoms with van der Waals surface area (Å²) in [5.41, 5.74) is 2.89. The fourth-order valence-corrected chi connectivity index (χ4v) is 3.91. The van der Waals surface area contributed by atoms with Crippen molar-refractivity contribution < 1.29 is 9.15 Å². The van der Waals surface area contributed by atoms with Gasteiger partial charge in [-0.2, -0.15) is 0 Å². The Morgan fingerprint density at radius 1 is 1.30 bits per heavy atom. The van der Waals surface area contributed by atoms with Crippen LogP contribution in [0.15, 0.2) is 41.0 Å². The molecule has 0 aliphatic heterocycles. The first-order chi connectivity index (χ1) is 11.3. The maximum atomic E-state index is 5.62. The van der Waals surface area contributed by atoms with Gasteiger partial charge in [0, 0.05) is 6.42 Å². The zero-order chi connectivity index (χ0) is 16.1. The van der Waals surface area contributed by atoms with Gasteiger partial charge in [-0.1, -0.05) is 19.1 Å². The molecule has 1 N–H and O–H groups in total. The number of rotatable bonds is 7. The number of benzene rings is 1. The van der Waals surface area contributed by atoms with E-state index < -0.39 is 0 Å². The molecular weight excluding hydrogens is 286 g/mol. The van der Waals surface area contributed by atoms with Crippen LogP contribution in [-0.2, 0) is 12.8 Å². The van der Waals surface area contributed by atoms with Gasteiger partial charge >= 0.3 is 0 Å². The Kier molecular flexibility index (Phi) is 5.39. The minimum atomic E-state index is 0.548. The van der Waals surface area contributed by atoms with Crippen LogP contribution in [-0.4, -0.2) is 20.2 Å². The first-order valence-electron chi connectivity index (χ1n) is 8.72. The highest BCUT2D eigenvalue weighted by atomic mass is 16.5. The van der Waals surface area contributed by atoms with Gasteiger partial charge in [0.25, 0.3) is 0 Å². The molecule has 0 fully saturated rings. The molecular formula is C20H27NO2. The fraction of sp³-hybridized carbons (Fsp3) is 0.500. The van der Waals surface area contributed by atoms with Crippen molar-refractivity contribution in [2.75, 3.05) is 20.2 Å². The van der Waals surface area contributed by atoms with Gasteiger partial charge in [0.05, 0.1) is 13.4 Å². The number of furan rings is 1. The van der Waals surface area contributed by atoms with Gasteiger partial charge in [0.1, 0.15) is 11.5 Å². The Morgan fingerprint density at radius 2 is 2.22 bits per heavy atom. The minimum absolute atomic E-state index is 0.548. The van der Waals surface area contributed by atoms with Crippen molar-refractivity contribution in [1.82, 2.24) is 5.32 Å². The maximum absolute atomic E-state index is 5.62. The van der Waals surface area contributed by atoms with Crippen LogP contribution in [0.2, 0.25) is 0 Å². The zero-order valence-electron chi connectivity index (χ0n) is 14.2. The number of hydrogen-bond donors (Lipinski definition) is 1. The molecule has 1 aromatic carbocycles. The molecule has 124 valence electrons. The van der Waals surface area contributed by atoms with E-state index in [-0.39, 0.29) is 0 Å². The van der Waals surface area contributed by atoms with Crippen LogP contribution in [0.3, 0.4) is 0 Å². The molecule has 2 unspecified atom stereocenters. The van der Waals surface area contributed by atoms with Crippen LogP contribution in [0, 0.1) is 5.92 Å². The third-order valence-electron chi connectivity index (χ3n) is 5.00. The summed E-state index contributed by atoms with van der Waals surface area (Å²) in [5.74, 6) is 3.25. The Bertz CT molecular complexity index is 606. The van der Waals surface area contributed by atoms with Gasteiger partial charge in [-0.25, -0.2) is 0 Å². The predicted octanol–water partition coefficient (Wildman–Crippen LogP) is 4.18. The molecule has 1 heterocycles. The van der Waals surface area contributed by atoms with E-state index in [0.717, 1.165) is 37.4 Å². The third kappa shape index (κ3) is 3.61. The highest BCUT2D eigenvalue weighted by Crippen LogP contribution is 2.41. The average molecular weight is 313 g/mol. The van der Waals surface area contributed by atoms with Gasteiger partial charge in [0.15, 0.2) is 0 Å². The monoisotopic (exact) mass is 313 g/mol. The second-order valence-corrected chi connectivity index (χ2v) is 6.38. The van der Waals surface area contributed by atoms with Crippen LogP contribution in [0.5, 0.6) is 5.75 Å². The largest absolute Gasteiger partial charge is 0.496 e. The van der Waals surface area contributed by atoms with Gasteiger partial charge in [-0.05, 0) is 73.5 Å². The first-order valence-corrected chi connectivity index (χ1v) is 8.72. The fourth-order valence-electron chi connectivity index (χ4n) is 3.91. The van der Waals surface area contributed by atoms with Crippen LogP contribution in [0.25, 0.3) is 0 Å². The maximum Gasteiger partial charge on any atom is 0.122 e. The standard InChI is InChI=1S/C20H27NO2/c1-3-21-14-15(13-16-7-6-12-23-16)17-8-4-10-19-18(17)9-5-11-20(19)22-2/h5-7,9,11-12,15,17,21H,3-4,8,10,13-14H2,1-2H3. The van der Waals surface area contributed by atoms with Gasteiger partial charge in [0.2, 0.25) is 0 Å². The molecule has 23 heavy (non-hydrogen) atoms. The smallest absolute Gasteiger partial charge is 0.122 e. The van der Waals surface area contributed by atoms with Gasteiger partial charge < -0.3 is 14.5 Å². The SMILES string of the molecule is CCNCC(Cc1ccco1)C1CCCc2c(OC)cccc21. The molecule has 0 amide bonds. The summed E-state index contributed by atoms with van der Waals surface area (Å²) in [5, 5.41) is 3.54. The summed E-state index contributed by atoms with van der Waals surface area (Å²) in [6, 6.07) is 10.6. The molecule has 0 saturated carbocycles. The van der Waals surface area contributed by atoms with E-state index in [9.17, 15) is 0 Å². The molecule has 3 nitrogen and oxygen atoms in total. The lowest BCUT2D eigenvalue weighted by atomic mass is 9.74. The Labute approximate surface area is 139 Å². The minimum Gasteiger partial charge on any atom is -0.496 e. The van der Waals surface area contributed by atoms with Crippen LogP contribution in [0.1, 0.15) is 42.6 Å². The highest BCUT2D eigenvalue weighted by molar-refractivity contribution is 5.44. The summed E-state index contributed by atoms with van der Waals surface area (Å²) in [7, 11) is 1.78. The normalized spacial score (nSPS) is 18.4. The summed E-state index contributed by atoms with van der Waals surface area (Å²) < 4.78 is 11.2. The van der Waals surface area contributed by atoms with Crippen molar-refractivity contribution in [3.63, 3.8) is 0 Å². The van der Waals surface area contributed by atoms with E-state index in [1.807, 2.05) is 6.07 Å². The van der Waals surface area contributed by atoms with Crippen molar-refractivity contribution in [1.29, 1.82) is 0 Å². The van der Waals surface area contributed by atoms with Crippen molar-refractivity contribution in [3.8, 4) is 5.75 Å². The van der Waals surface area contributed by atoms with Crippen molar-refractivity contribution in [2.45, 2.75) is 38.5 Å². The second kappa shape index (κ2) is 7.69. The molecule has 1 aliphatic carbocycles. The Morgan fingerprint density at radius 3 is 2.96 bits per heavy atom. The molecule has 0 bridgehead atoms. The van der Waals surface area contributed by atoms with E-state index in [1.165, 1.54) is 24.0 Å². The molecule has 0 radical (unpaired) electrons. The zero-order valence-corrected chi connectivity index (χ0v) is 14.2. The summed E-state index contributed by atoms with van der Waals surface area (Å²) in [4.78, 5) is 0. The van der Waals surface area contributed by atoms with Crippen molar-refractivity contribution in [3.05, 3.63) is 53.5 Å². The lowest BCUT2D eigenvalue weighted by molar-refractivity contribution is 0.332. The van der Waals surface area contributed by atoms with E-state index in [1.54, 1.807) is 13.4 Å². The van der Waals surface area contributed by atoms with Gasteiger partial charge in [-0.3, -0.25) is 0 Å².